The molecule has 2 atom stereocenters. The second-order valence-electron chi connectivity index (χ2n) is 7.86. The summed E-state index contributed by atoms with van der Waals surface area (Å²) in [5.74, 6) is -2.39. The number of carbonyl (C=O) groups is 2. The van der Waals surface area contributed by atoms with Crippen LogP contribution in [0.3, 0.4) is 0 Å². The molecule has 2 rings (SSSR count). The third-order valence-electron chi connectivity index (χ3n) is 5.23. The Morgan fingerprint density at radius 3 is 2.18 bits per heavy atom. The minimum atomic E-state index is -4.02. The van der Waals surface area contributed by atoms with Crippen LogP contribution in [0.5, 0.6) is 0 Å². The summed E-state index contributed by atoms with van der Waals surface area (Å²) in [5, 5.41) is 2.80. The molecule has 2 aromatic rings. The van der Waals surface area contributed by atoms with E-state index in [1.54, 1.807) is 0 Å². The number of para-hydroxylation sites is 1. The lowest BCUT2D eigenvalue weighted by Crippen LogP contribution is -2.52. The van der Waals surface area contributed by atoms with Gasteiger partial charge in [-0.25, -0.2) is 17.2 Å². The van der Waals surface area contributed by atoms with E-state index in [0.29, 0.717) is 16.3 Å². The Morgan fingerprint density at radius 1 is 1.03 bits per heavy atom. The van der Waals surface area contributed by atoms with E-state index in [-0.39, 0.29) is 18.3 Å². The van der Waals surface area contributed by atoms with Crippen LogP contribution in [-0.2, 0) is 26.2 Å². The van der Waals surface area contributed by atoms with Crippen LogP contribution in [0, 0.1) is 11.6 Å². The van der Waals surface area contributed by atoms with E-state index >= 15 is 0 Å². The maximum absolute atomic E-state index is 14.3. The monoisotopic (exact) mass is 481 g/mol. The molecule has 0 aliphatic rings. The van der Waals surface area contributed by atoms with E-state index < -0.39 is 46.1 Å². The Kier molecular flexibility index (Phi) is 8.92. The number of carbonyl (C=O) groups excluding carboxylic acids is 2. The highest BCUT2D eigenvalue weighted by molar-refractivity contribution is 7.92. The Hall–Kier alpha value is -3.01. The van der Waals surface area contributed by atoms with Crippen molar-refractivity contribution in [2.45, 2.75) is 45.8 Å². The van der Waals surface area contributed by atoms with Crippen molar-refractivity contribution >= 4 is 27.5 Å². The van der Waals surface area contributed by atoms with Gasteiger partial charge in [0.2, 0.25) is 21.8 Å². The van der Waals surface area contributed by atoms with Gasteiger partial charge in [0.25, 0.3) is 0 Å². The lowest BCUT2D eigenvalue weighted by molar-refractivity contribution is -0.139. The van der Waals surface area contributed by atoms with Gasteiger partial charge in [0.15, 0.2) is 0 Å². The van der Waals surface area contributed by atoms with Gasteiger partial charge in [-0.2, -0.15) is 0 Å². The van der Waals surface area contributed by atoms with Gasteiger partial charge in [-0.15, -0.1) is 0 Å². The summed E-state index contributed by atoms with van der Waals surface area (Å²) in [6.45, 7) is 4.47. The van der Waals surface area contributed by atoms with E-state index in [9.17, 15) is 26.8 Å². The van der Waals surface area contributed by atoms with Crippen molar-refractivity contribution < 1.29 is 26.8 Å². The number of nitrogens with zero attached hydrogens (tertiary/aromatic N) is 2. The van der Waals surface area contributed by atoms with Gasteiger partial charge in [0.05, 0.1) is 11.9 Å². The van der Waals surface area contributed by atoms with Crippen molar-refractivity contribution in [1.82, 2.24) is 10.2 Å². The smallest absolute Gasteiger partial charge is 0.244 e. The minimum Gasteiger partial charge on any atom is -0.352 e. The first-order valence-electron chi connectivity index (χ1n) is 10.5. The standard InChI is InChI=1S/C23H29F2N3O4S/c1-5-16(2)26-23(30)17(3)27(14-18-10-12-19(24)13-11-18)22(29)15-28(33(4,31)32)21-9-7-6-8-20(21)25/h6-13,16-17H,5,14-15H2,1-4H3,(H,26,30)/t16-,17+/m0/s1. The highest BCUT2D eigenvalue weighted by Gasteiger charge is 2.31. The molecule has 2 amide bonds. The number of nitrogens with one attached hydrogen (secondary N) is 1. The van der Waals surface area contributed by atoms with Gasteiger partial charge < -0.3 is 10.2 Å². The van der Waals surface area contributed by atoms with Crippen LogP contribution in [0.15, 0.2) is 48.5 Å². The van der Waals surface area contributed by atoms with Crippen molar-refractivity contribution in [1.29, 1.82) is 0 Å². The second-order valence-corrected chi connectivity index (χ2v) is 9.77. The molecule has 7 nitrogen and oxygen atoms in total. The molecular weight excluding hydrogens is 452 g/mol. The molecule has 0 radical (unpaired) electrons. The van der Waals surface area contributed by atoms with E-state index in [1.807, 2.05) is 13.8 Å². The number of amides is 2. The Balaban J connectivity index is 2.39. The molecule has 0 fully saturated rings. The number of anilines is 1. The summed E-state index contributed by atoms with van der Waals surface area (Å²) in [6, 6.07) is 9.52. The SMILES string of the molecule is CC[C@H](C)NC(=O)[C@@H](C)N(Cc1ccc(F)cc1)C(=O)CN(c1ccccc1F)S(C)(=O)=O. The van der Waals surface area contributed by atoms with Gasteiger partial charge in [-0.1, -0.05) is 31.2 Å². The molecule has 0 unspecified atom stereocenters. The molecular formula is C23H29F2N3O4S. The summed E-state index contributed by atoms with van der Waals surface area (Å²) in [5.41, 5.74) is 0.275. The molecule has 0 aromatic heterocycles. The van der Waals surface area contributed by atoms with E-state index in [2.05, 4.69) is 5.32 Å². The van der Waals surface area contributed by atoms with Gasteiger partial charge in [-0.05, 0) is 50.1 Å². The van der Waals surface area contributed by atoms with Crippen LogP contribution < -0.4 is 9.62 Å². The fourth-order valence-corrected chi connectivity index (χ4v) is 3.93. The molecule has 10 heteroatoms. The molecule has 2 aromatic carbocycles. The first-order valence-corrected chi connectivity index (χ1v) is 12.3. The van der Waals surface area contributed by atoms with Crippen LogP contribution in [0.1, 0.15) is 32.8 Å². The average molecular weight is 482 g/mol. The molecule has 180 valence electrons. The molecule has 0 bridgehead atoms. The molecule has 0 aliphatic heterocycles. The van der Waals surface area contributed by atoms with Gasteiger partial charge in [-0.3, -0.25) is 13.9 Å². The van der Waals surface area contributed by atoms with Crippen LogP contribution >= 0.6 is 0 Å². The quantitative estimate of drug-likeness (QED) is 0.565. The largest absolute Gasteiger partial charge is 0.352 e. The van der Waals surface area contributed by atoms with Crippen LogP contribution in [0.4, 0.5) is 14.5 Å². The number of benzene rings is 2. The number of hydrogen-bond acceptors (Lipinski definition) is 4. The third-order valence-corrected chi connectivity index (χ3v) is 6.36. The Morgan fingerprint density at radius 2 is 1.64 bits per heavy atom. The zero-order valence-electron chi connectivity index (χ0n) is 19.1. The number of sulfonamides is 1. The van der Waals surface area contributed by atoms with Gasteiger partial charge >= 0.3 is 0 Å². The van der Waals surface area contributed by atoms with Crippen molar-refractivity contribution in [2.24, 2.45) is 0 Å². The lowest BCUT2D eigenvalue weighted by Gasteiger charge is -2.32. The first-order chi connectivity index (χ1) is 15.4. The number of halogens is 2. The van der Waals surface area contributed by atoms with Crippen LogP contribution in [0.2, 0.25) is 0 Å². The Labute approximate surface area is 193 Å². The van der Waals surface area contributed by atoms with Crippen molar-refractivity contribution in [2.75, 3.05) is 17.1 Å². The average Bonchev–Trinajstić information content (AvgIpc) is 2.76. The third kappa shape index (κ3) is 7.24. The number of rotatable bonds is 10. The summed E-state index contributed by atoms with van der Waals surface area (Å²) < 4.78 is 53.1. The molecule has 0 aliphatic carbocycles. The molecule has 0 saturated heterocycles. The van der Waals surface area contributed by atoms with Crippen molar-refractivity contribution in [3.05, 3.63) is 65.7 Å². The van der Waals surface area contributed by atoms with Gasteiger partial charge in [0.1, 0.15) is 24.2 Å². The fourth-order valence-electron chi connectivity index (χ4n) is 3.08. The second kappa shape index (κ2) is 11.2. The van der Waals surface area contributed by atoms with Crippen molar-refractivity contribution in [3.63, 3.8) is 0 Å². The summed E-state index contributed by atoms with van der Waals surface area (Å²) >= 11 is 0. The highest BCUT2D eigenvalue weighted by Crippen LogP contribution is 2.22. The zero-order valence-corrected chi connectivity index (χ0v) is 19.9. The Bertz CT molecular complexity index is 1080. The van der Waals surface area contributed by atoms with E-state index in [4.69, 9.17) is 0 Å². The van der Waals surface area contributed by atoms with Crippen LogP contribution in [-0.4, -0.2) is 50.0 Å². The van der Waals surface area contributed by atoms with E-state index in [0.717, 1.165) is 12.3 Å². The predicted molar refractivity (Wildman–Crippen MR) is 123 cm³/mol. The maximum Gasteiger partial charge on any atom is 0.244 e. The topological polar surface area (TPSA) is 86.8 Å². The van der Waals surface area contributed by atoms with Crippen LogP contribution in [0.25, 0.3) is 0 Å². The van der Waals surface area contributed by atoms with E-state index in [1.165, 1.54) is 54.3 Å². The summed E-state index contributed by atoms with van der Waals surface area (Å²) in [4.78, 5) is 27.3. The minimum absolute atomic E-state index is 0.0664. The molecule has 0 saturated carbocycles. The first kappa shape index (κ1) is 26.2. The lowest BCUT2D eigenvalue weighted by atomic mass is 10.1. The molecule has 33 heavy (non-hydrogen) atoms. The molecule has 0 heterocycles. The highest BCUT2D eigenvalue weighted by atomic mass is 32.2. The van der Waals surface area contributed by atoms with Gasteiger partial charge in [0, 0.05) is 12.6 Å². The predicted octanol–water partition coefficient (Wildman–Crippen LogP) is 3.06. The summed E-state index contributed by atoms with van der Waals surface area (Å²) in [7, 11) is -4.02. The number of hydrogen-bond donors (Lipinski definition) is 1. The van der Waals surface area contributed by atoms with Crippen molar-refractivity contribution in [3.8, 4) is 0 Å². The molecule has 1 N–H and O–H groups in total. The normalized spacial score (nSPS) is 13.2. The summed E-state index contributed by atoms with van der Waals surface area (Å²) in [6.07, 6.45) is 1.55. The maximum atomic E-state index is 14.3. The zero-order chi connectivity index (χ0) is 24.8. The fraction of sp³-hybridized carbons (Fsp3) is 0.391. The molecule has 0 spiro atoms.